The van der Waals surface area contributed by atoms with Crippen LogP contribution in [0.1, 0.15) is 37.8 Å². The molecule has 0 amide bonds. The van der Waals surface area contributed by atoms with Gasteiger partial charge in [0.15, 0.2) is 0 Å². The molecule has 1 aromatic carbocycles. The minimum Gasteiger partial charge on any atom is -0.310 e. The van der Waals surface area contributed by atoms with Crippen molar-refractivity contribution in [3.05, 3.63) is 35.6 Å². The number of rotatable bonds is 6. The van der Waals surface area contributed by atoms with Gasteiger partial charge in [0.25, 0.3) is 0 Å². The molecule has 1 nitrogen and oxygen atoms in total. The van der Waals surface area contributed by atoms with Gasteiger partial charge >= 0.3 is 0 Å². The molecule has 1 N–H and O–H groups in total. The predicted molar refractivity (Wildman–Crippen MR) is 65.5 cm³/mol. The third kappa shape index (κ3) is 4.04. The molecule has 2 heteroatoms. The van der Waals surface area contributed by atoms with E-state index in [-0.39, 0.29) is 11.9 Å². The summed E-state index contributed by atoms with van der Waals surface area (Å²) in [5.74, 6) is 2.44. The van der Waals surface area contributed by atoms with Gasteiger partial charge in [0, 0.05) is 12.5 Å². The first-order valence-electron chi connectivity index (χ1n) is 5.70. The van der Waals surface area contributed by atoms with Crippen molar-refractivity contribution in [2.24, 2.45) is 0 Å². The lowest BCUT2D eigenvalue weighted by Crippen LogP contribution is -2.22. The zero-order valence-electron chi connectivity index (χ0n) is 9.67. The molecular weight excluding hydrogens is 201 g/mol. The molecule has 0 aliphatic heterocycles. The van der Waals surface area contributed by atoms with E-state index in [0.717, 1.165) is 31.4 Å². The van der Waals surface area contributed by atoms with Gasteiger partial charge in [-0.1, -0.05) is 19.1 Å². The second kappa shape index (κ2) is 7.03. The van der Waals surface area contributed by atoms with Gasteiger partial charge in [-0.3, -0.25) is 0 Å². The third-order valence-electron chi connectivity index (χ3n) is 2.49. The zero-order valence-corrected chi connectivity index (χ0v) is 9.67. The number of hydrogen-bond acceptors (Lipinski definition) is 1. The molecule has 1 aromatic rings. The fourth-order valence-electron chi connectivity index (χ4n) is 1.63. The molecule has 0 spiro atoms. The van der Waals surface area contributed by atoms with Crippen molar-refractivity contribution in [1.82, 2.24) is 5.32 Å². The Bertz CT molecular complexity index is 337. The van der Waals surface area contributed by atoms with Crippen LogP contribution in [0.25, 0.3) is 0 Å². The first-order chi connectivity index (χ1) is 7.77. The first kappa shape index (κ1) is 12.7. The van der Waals surface area contributed by atoms with Gasteiger partial charge in [-0.2, -0.15) is 0 Å². The van der Waals surface area contributed by atoms with Crippen LogP contribution in [0.4, 0.5) is 4.39 Å². The molecule has 0 heterocycles. The normalized spacial score (nSPS) is 12.1. The Morgan fingerprint density at radius 2 is 2.06 bits per heavy atom. The van der Waals surface area contributed by atoms with Gasteiger partial charge in [0.2, 0.25) is 0 Å². The van der Waals surface area contributed by atoms with Gasteiger partial charge in [-0.15, -0.1) is 12.3 Å². The highest BCUT2D eigenvalue weighted by atomic mass is 19.1. The zero-order chi connectivity index (χ0) is 11.8. The van der Waals surface area contributed by atoms with Crippen LogP contribution in [0.3, 0.4) is 0 Å². The summed E-state index contributed by atoms with van der Waals surface area (Å²) in [5.41, 5.74) is 1.10. The second-order valence-corrected chi connectivity index (χ2v) is 3.80. The Morgan fingerprint density at radius 1 is 1.38 bits per heavy atom. The van der Waals surface area contributed by atoms with Gasteiger partial charge in [-0.05, 0) is 37.1 Å². The Kier molecular flexibility index (Phi) is 5.60. The maximum absolute atomic E-state index is 12.8. The minimum absolute atomic E-state index is 0.199. The SMILES string of the molecule is C#CCCC(NCCC)c1ccc(F)cc1. The molecule has 0 aliphatic rings. The molecule has 1 atom stereocenters. The van der Waals surface area contributed by atoms with Crippen LogP contribution in [0.15, 0.2) is 24.3 Å². The van der Waals surface area contributed by atoms with Crippen LogP contribution >= 0.6 is 0 Å². The first-order valence-corrected chi connectivity index (χ1v) is 5.70. The topological polar surface area (TPSA) is 12.0 Å². The highest BCUT2D eigenvalue weighted by Gasteiger charge is 2.09. The number of nitrogens with one attached hydrogen (secondary N) is 1. The van der Waals surface area contributed by atoms with Crippen LogP contribution in [0.2, 0.25) is 0 Å². The van der Waals surface area contributed by atoms with E-state index in [2.05, 4.69) is 18.2 Å². The van der Waals surface area contributed by atoms with Crippen LogP contribution in [0.5, 0.6) is 0 Å². The largest absolute Gasteiger partial charge is 0.310 e. The fourth-order valence-corrected chi connectivity index (χ4v) is 1.63. The van der Waals surface area contributed by atoms with E-state index < -0.39 is 0 Å². The maximum Gasteiger partial charge on any atom is 0.123 e. The van der Waals surface area contributed by atoms with Gasteiger partial charge < -0.3 is 5.32 Å². The number of terminal acetylenes is 1. The van der Waals surface area contributed by atoms with Crippen molar-refractivity contribution in [3.8, 4) is 12.3 Å². The van der Waals surface area contributed by atoms with Crippen LogP contribution in [0, 0.1) is 18.2 Å². The standard InChI is InChI=1S/C14H18FN/c1-3-5-6-14(16-11-4-2)12-7-9-13(15)10-8-12/h1,7-10,14,16H,4-6,11H2,2H3. The van der Waals surface area contributed by atoms with E-state index in [9.17, 15) is 4.39 Å². The number of hydrogen-bond donors (Lipinski definition) is 1. The molecular formula is C14H18FN. The summed E-state index contributed by atoms with van der Waals surface area (Å²) in [5, 5.41) is 3.42. The van der Waals surface area contributed by atoms with E-state index in [1.165, 1.54) is 12.1 Å². The van der Waals surface area contributed by atoms with Gasteiger partial charge in [0.1, 0.15) is 5.82 Å². The number of benzene rings is 1. The van der Waals surface area contributed by atoms with Crippen LogP contribution < -0.4 is 5.32 Å². The third-order valence-corrected chi connectivity index (χ3v) is 2.49. The average Bonchev–Trinajstić information content (AvgIpc) is 2.31. The van der Waals surface area contributed by atoms with Crippen molar-refractivity contribution in [3.63, 3.8) is 0 Å². The van der Waals surface area contributed by atoms with E-state index in [0.29, 0.717) is 0 Å². The van der Waals surface area contributed by atoms with Crippen molar-refractivity contribution in [2.75, 3.05) is 6.54 Å². The van der Waals surface area contributed by atoms with Crippen molar-refractivity contribution in [1.29, 1.82) is 0 Å². The van der Waals surface area contributed by atoms with Gasteiger partial charge in [0.05, 0.1) is 0 Å². The van der Waals surface area contributed by atoms with E-state index in [1.54, 1.807) is 0 Å². The second-order valence-electron chi connectivity index (χ2n) is 3.80. The summed E-state index contributed by atoms with van der Waals surface area (Å²) in [7, 11) is 0. The van der Waals surface area contributed by atoms with E-state index >= 15 is 0 Å². The predicted octanol–water partition coefficient (Wildman–Crippen LogP) is 3.28. The summed E-state index contributed by atoms with van der Waals surface area (Å²) in [6, 6.07) is 6.85. The molecule has 0 aliphatic carbocycles. The highest BCUT2D eigenvalue weighted by molar-refractivity contribution is 5.20. The summed E-state index contributed by atoms with van der Waals surface area (Å²) >= 11 is 0. The summed E-state index contributed by atoms with van der Waals surface area (Å²) in [4.78, 5) is 0. The molecule has 0 bridgehead atoms. The summed E-state index contributed by atoms with van der Waals surface area (Å²) in [6.07, 6.45) is 7.97. The van der Waals surface area contributed by atoms with Crippen molar-refractivity contribution in [2.45, 2.75) is 32.2 Å². The highest BCUT2D eigenvalue weighted by Crippen LogP contribution is 2.18. The number of halogens is 1. The fraction of sp³-hybridized carbons (Fsp3) is 0.429. The molecule has 86 valence electrons. The maximum atomic E-state index is 12.8. The van der Waals surface area contributed by atoms with Crippen LogP contribution in [-0.2, 0) is 0 Å². The molecule has 1 unspecified atom stereocenters. The Hall–Kier alpha value is -1.33. The smallest absolute Gasteiger partial charge is 0.123 e. The molecule has 1 rings (SSSR count). The quantitative estimate of drug-likeness (QED) is 0.724. The molecule has 0 saturated carbocycles. The monoisotopic (exact) mass is 219 g/mol. The minimum atomic E-state index is -0.199. The summed E-state index contributed by atoms with van der Waals surface area (Å²) in [6.45, 7) is 3.07. The Balaban J connectivity index is 2.67. The molecule has 0 radical (unpaired) electrons. The molecule has 0 saturated heterocycles. The average molecular weight is 219 g/mol. The lowest BCUT2D eigenvalue weighted by atomic mass is 10.0. The van der Waals surface area contributed by atoms with Crippen molar-refractivity contribution >= 4 is 0 Å². The van der Waals surface area contributed by atoms with Gasteiger partial charge in [-0.25, -0.2) is 4.39 Å². The lowest BCUT2D eigenvalue weighted by Gasteiger charge is -2.17. The Morgan fingerprint density at radius 3 is 2.62 bits per heavy atom. The molecule has 0 aromatic heterocycles. The molecule has 0 fully saturated rings. The lowest BCUT2D eigenvalue weighted by molar-refractivity contribution is 0.504. The molecule has 16 heavy (non-hydrogen) atoms. The Labute approximate surface area is 97.1 Å². The van der Waals surface area contributed by atoms with Crippen LogP contribution in [-0.4, -0.2) is 6.54 Å². The summed E-state index contributed by atoms with van der Waals surface area (Å²) < 4.78 is 12.8. The van der Waals surface area contributed by atoms with Crippen molar-refractivity contribution < 1.29 is 4.39 Å². The van der Waals surface area contributed by atoms with E-state index in [4.69, 9.17) is 6.42 Å². The van der Waals surface area contributed by atoms with E-state index in [1.807, 2.05) is 12.1 Å².